The average molecular weight is 272 g/mol. The predicted molar refractivity (Wildman–Crippen MR) is 75.0 cm³/mol. The summed E-state index contributed by atoms with van der Waals surface area (Å²) in [5, 5.41) is 12.4. The molecule has 102 valence electrons. The van der Waals surface area contributed by atoms with Crippen LogP contribution in [-0.2, 0) is 13.6 Å². The minimum Gasteiger partial charge on any atom is -0.387 e. The van der Waals surface area contributed by atoms with Crippen molar-refractivity contribution in [1.82, 2.24) is 14.7 Å². The van der Waals surface area contributed by atoms with Crippen molar-refractivity contribution in [3.05, 3.63) is 16.4 Å². The van der Waals surface area contributed by atoms with Crippen LogP contribution in [0.25, 0.3) is 0 Å². The molecule has 1 unspecified atom stereocenters. The second-order valence-electron chi connectivity index (χ2n) is 4.66. The summed E-state index contributed by atoms with van der Waals surface area (Å²) < 4.78 is 1.69. The van der Waals surface area contributed by atoms with Crippen molar-refractivity contribution in [3.8, 4) is 0 Å². The van der Waals surface area contributed by atoms with Gasteiger partial charge in [0.05, 0.1) is 11.5 Å². The number of halogens is 1. The van der Waals surface area contributed by atoms with Crippen LogP contribution in [0.3, 0.4) is 0 Å². The van der Waals surface area contributed by atoms with E-state index in [1.807, 2.05) is 20.9 Å². The van der Waals surface area contributed by atoms with E-state index in [0.29, 0.717) is 5.15 Å². The molecule has 6 heteroatoms. The van der Waals surface area contributed by atoms with Gasteiger partial charge in [-0.1, -0.05) is 25.4 Å². The van der Waals surface area contributed by atoms with E-state index in [2.05, 4.69) is 16.9 Å². The molecule has 0 aliphatic carbocycles. The van der Waals surface area contributed by atoms with Gasteiger partial charge in [0.1, 0.15) is 5.15 Å². The minimum atomic E-state index is 0.0562. The molecule has 1 atom stereocenters. The molecule has 0 aromatic carbocycles. The SMILES string of the molecule is CCN(Cc1c(C)nn(C)c1Cl)CC(C)C(=N)N. The molecule has 5 nitrogen and oxygen atoms in total. The van der Waals surface area contributed by atoms with Gasteiger partial charge >= 0.3 is 0 Å². The fourth-order valence-electron chi connectivity index (χ4n) is 1.87. The maximum absolute atomic E-state index is 7.45. The van der Waals surface area contributed by atoms with E-state index < -0.39 is 0 Å². The number of rotatable bonds is 6. The van der Waals surface area contributed by atoms with E-state index in [-0.39, 0.29) is 11.8 Å². The Morgan fingerprint density at radius 1 is 1.61 bits per heavy atom. The van der Waals surface area contributed by atoms with E-state index in [1.54, 1.807) is 4.68 Å². The lowest BCUT2D eigenvalue weighted by molar-refractivity contribution is 0.262. The van der Waals surface area contributed by atoms with Crippen molar-refractivity contribution in [2.45, 2.75) is 27.3 Å². The summed E-state index contributed by atoms with van der Waals surface area (Å²) in [6.45, 7) is 8.41. The molecule has 0 saturated heterocycles. The average Bonchev–Trinajstić information content (AvgIpc) is 2.54. The summed E-state index contributed by atoms with van der Waals surface area (Å²) >= 11 is 6.22. The zero-order valence-corrected chi connectivity index (χ0v) is 12.3. The molecule has 0 aliphatic rings. The second kappa shape index (κ2) is 6.20. The Balaban J connectivity index is 2.77. The van der Waals surface area contributed by atoms with Gasteiger partial charge in [-0.25, -0.2) is 0 Å². The molecule has 1 rings (SSSR count). The molecule has 0 saturated carbocycles. The van der Waals surface area contributed by atoms with E-state index in [4.69, 9.17) is 22.7 Å². The van der Waals surface area contributed by atoms with Crippen LogP contribution in [0.2, 0.25) is 5.15 Å². The van der Waals surface area contributed by atoms with Crippen LogP contribution in [0.1, 0.15) is 25.1 Å². The molecule has 18 heavy (non-hydrogen) atoms. The molecule has 1 heterocycles. The van der Waals surface area contributed by atoms with Crippen molar-refractivity contribution in [3.63, 3.8) is 0 Å². The number of aromatic nitrogens is 2. The van der Waals surface area contributed by atoms with Crippen molar-refractivity contribution < 1.29 is 0 Å². The molecule has 0 aliphatic heterocycles. The van der Waals surface area contributed by atoms with Crippen LogP contribution in [0.5, 0.6) is 0 Å². The molecule has 3 N–H and O–H groups in total. The normalized spacial score (nSPS) is 13.0. The lowest BCUT2D eigenvalue weighted by Crippen LogP contribution is -2.34. The van der Waals surface area contributed by atoms with Crippen LogP contribution >= 0.6 is 11.6 Å². The van der Waals surface area contributed by atoms with Crippen molar-refractivity contribution in [2.24, 2.45) is 18.7 Å². The molecule has 0 spiro atoms. The Hall–Kier alpha value is -1.07. The van der Waals surface area contributed by atoms with Crippen molar-refractivity contribution in [1.29, 1.82) is 5.41 Å². The van der Waals surface area contributed by atoms with Gasteiger partial charge in [0.25, 0.3) is 0 Å². The third-order valence-electron chi connectivity index (χ3n) is 3.16. The van der Waals surface area contributed by atoms with E-state index in [0.717, 1.165) is 30.9 Å². The molecular formula is C12H22ClN5. The highest BCUT2D eigenvalue weighted by Gasteiger charge is 2.17. The summed E-state index contributed by atoms with van der Waals surface area (Å²) in [7, 11) is 1.84. The Kier molecular flexibility index (Phi) is 5.16. The summed E-state index contributed by atoms with van der Waals surface area (Å²) in [5.74, 6) is 0.281. The topological polar surface area (TPSA) is 70.9 Å². The highest BCUT2D eigenvalue weighted by atomic mass is 35.5. The highest BCUT2D eigenvalue weighted by molar-refractivity contribution is 6.30. The molecule has 0 radical (unpaired) electrons. The summed E-state index contributed by atoms with van der Waals surface area (Å²) in [6.07, 6.45) is 0. The van der Waals surface area contributed by atoms with Gasteiger partial charge in [0, 0.05) is 31.6 Å². The fourth-order valence-corrected chi connectivity index (χ4v) is 2.10. The lowest BCUT2D eigenvalue weighted by atomic mass is 10.1. The van der Waals surface area contributed by atoms with Crippen molar-refractivity contribution >= 4 is 17.4 Å². The number of aryl methyl sites for hydroxylation is 2. The standard InChI is InChI=1S/C12H22ClN5/c1-5-18(6-8(2)12(14)15)7-10-9(3)16-17(4)11(10)13/h8H,5-7H2,1-4H3,(H3,14,15). The monoisotopic (exact) mass is 271 g/mol. The Morgan fingerprint density at radius 2 is 2.22 bits per heavy atom. The first-order valence-electron chi connectivity index (χ1n) is 6.11. The molecule has 1 aromatic rings. The largest absolute Gasteiger partial charge is 0.387 e. The first kappa shape index (κ1) is 15.0. The number of nitrogens with zero attached hydrogens (tertiary/aromatic N) is 3. The Morgan fingerprint density at radius 3 is 2.61 bits per heavy atom. The Bertz CT molecular complexity index is 426. The second-order valence-corrected chi connectivity index (χ2v) is 5.02. The molecule has 0 fully saturated rings. The van der Waals surface area contributed by atoms with Crippen molar-refractivity contribution in [2.75, 3.05) is 13.1 Å². The summed E-state index contributed by atoms with van der Waals surface area (Å²) in [5.41, 5.74) is 7.52. The summed E-state index contributed by atoms with van der Waals surface area (Å²) in [6, 6.07) is 0. The van der Waals surface area contributed by atoms with Crippen LogP contribution in [-0.4, -0.2) is 33.6 Å². The number of nitrogens with one attached hydrogen (secondary N) is 1. The van der Waals surface area contributed by atoms with Crippen LogP contribution in [0.4, 0.5) is 0 Å². The predicted octanol–water partition coefficient (Wildman–Crippen LogP) is 1.78. The van der Waals surface area contributed by atoms with Gasteiger partial charge < -0.3 is 5.73 Å². The van der Waals surface area contributed by atoms with Crippen LogP contribution in [0, 0.1) is 18.3 Å². The van der Waals surface area contributed by atoms with E-state index in [9.17, 15) is 0 Å². The Labute approximate surface area is 113 Å². The molecule has 0 bridgehead atoms. The lowest BCUT2D eigenvalue weighted by Gasteiger charge is -2.23. The van der Waals surface area contributed by atoms with Gasteiger partial charge in [0.2, 0.25) is 0 Å². The smallest absolute Gasteiger partial charge is 0.131 e. The zero-order chi connectivity index (χ0) is 13.9. The van der Waals surface area contributed by atoms with Gasteiger partial charge in [-0.15, -0.1) is 0 Å². The number of hydrogen-bond acceptors (Lipinski definition) is 3. The number of nitrogens with two attached hydrogens (primary N) is 1. The number of hydrogen-bond donors (Lipinski definition) is 2. The zero-order valence-electron chi connectivity index (χ0n) is 11.5. The number of amidine groups is 1. The first-order chi connectivity index (χ1) is 8.36. The van der Waals surface area contributed by atoms with Crippen LogP contribution in [0.15, 0.2) is 0 Å². The van der Waals surface area contributed by atoms with Gasteiger partial charge in [-0.2, -0.15) is 5.10 Å². The minimum absolute atomic E-state index is 0.0562. The third-order valence-corrected chi connectivity index (χ3v) is 3.63. The maximum atomic E-state index is 7.45. The molecule has 0 amide bonds. The van der Waals surface area contributed by atoms with Gasteiger partial charge in [-0.3, -0.25) is 15.0 Å². The molecular weight excluding hydrogens is 250 g/mol. The van der Waals surface area contributed by atoms with Gasteiger partial charge in [-0.05, 0) is 13.5 Å². The van der Waals surface area contributed by atoms with E-state index in [1.165, 1.54) is 0 Å². The van der Waals surface area contributed by atoms with E-state index >= 15 is 0 Å². The quantitative estimate of drug-likeness (QED) is 0.612. The van der Waals surface area contributed by atoms with Gasteiger partial charge in [0.15, 0.2) is 0 Å². The molecule has 1 aromatic heterocycles. The third kappa shape index (κ3) is 3.46. The highest BCUT2D eigenvalue weighted by Crippen LogP contribution is 2.20. The van der Waals surface area contributed by atoms with Crippen LogP contribution < -0.4 is 5.73 Å². The maximum Gasteiger partial charge on any atom is 0.131 e. The first-order valence-corrected chi connectivity index (χ1v) is 6.48. The fraction of sp³-hybridized carbons (Fsp3) is 0.667. The summed E-state index contributed by atoms with van der Waals surface area (Å²) in [4.78, 5) is 2.22.